The van der Waals surface area contributed by atoms with Crippen molar-refractivity contribution in [1.29, 1.82) is 0 Å². The third kappa shape index (κ3) is 9.77. The van der Waals surface area contributed by atoms with Gasteiger partial charge in [-0.15, -0.1) is 0 Å². The van der Waals surface area contributed by atoms with Crippen molar-refractivity contribution in [2.45, 2.75) is 123 Å². The number of aliphatic hydroxyl groups is 2. The normalized spacial score (nSPS) is 30.7. The van der Waals surface area contributed by atoms with Gasteiger partial charge in [-0.2, -0.15) is 0 Å². The molecule has 72 heavy (non-hydrogen) atoms. The van der Waals surface area contributed by atoms with Gasteiger partial charge in [0.2, 0.25) is 5.91 Å². The van der Waals surface area contributed by atoms with Gasteiger partial charge >= 0.3 is 11.8 Å². The summed E-state index contributed by atoms with van der Waals surface area (Å²) in [5.74, 6) is -7.73. The monoisotopic (exact) mass is 995 g/mol. The number of aromatic nitrogens is 1. The summed E-state index contributed by atoms with van der Waals surface area (Å²) < 4.78 is 26.6. The second kappa shape index (κ2) is 20.4. The fraction of sp³-hybridized carbons (Fsp3) is 0.556. The molecule has 1 unspecified atom stereocenters. The second-order valence-electron chi connectivity index (χ2n) is 21.1. The molecule has 1 aromatic heterocycles. The number of carbonyl (C=O) groups excluding carboxylic acids is 4. The minimum atomic E-state index is -2.02. The molecule has 18 heteroatoms. The summed E-state index contributed by atoms with van der Waals surface area (Å²) in [5, 5.41) is 50.9. The number of likely N-dealkylation sites (tertiary alicyclic amines) is 2. The van der Waals surface area contributed by atoms with Crippen molar-refractivity contribution in [2.24, 2.45) is 39.6 Å². The van der Waals surface area contributed by atoms with E-state index in [1.54, 1.807) is 64.7 Å². The van der Waals surface area contributed by atoms with Crippen LogP contribution in [0.2, 0.25) is 0 Å². The van der Waals surface area contributed by atoms with Crippen LogP contribution in [0.4, 0.5) is 5.69 Å². The molecule has 7 heterocycles. The molecule has 0 aliphatic carbocycles. The molecule has 2 aromatic carbocycles. The second-order valence-corrected chi connectivity index (χ2v) is 21.1. The largest absolute Gasteiger partial charge is 0.507 e. The Bertz CT molecular complexity index is 2830. The SMILES string of the molecule is CO[C@H]1/C=C/OC2(C)Oc3c(C)c(O)c4c(O)c(c5c(c4c3C2=O)=NC2(CCN(CC(C)C)CC2)N=5)NC(=O)/C(C)=C\C=C\[C@H](C)[C@H](O)[C@@H](C)[C@@H](O)[C@@H](C)[C@H](OC(=O)CC(=O)N2CC(n3cccc3)C2)[C@@H]1C. The number of allylic oxidation sites excluding steroid dienone is 2. The van der Waals surface area contributed by atoms with E-state index < -0.39 is 101 Å². The molecule has 18 nitrogen and oxygen atoms in total. The Balaban J connectivity index is 1.17. The van der Waals surface area contributed by atoms with E-state index in [0.717, 1.165) is 6.54 Å². The van der Waals surface area contributed by atoms with Crippen LogP contribution in [0, 0.1) is 36.5 Å². The van der Waals surface area contributed by atoms with E-state index in [4.69, 9.17) is 28.9 Å². The summed E-state index contributed by atoms with van der Waals surface area (Å²) in [7, 11) is 1.44. The average Bonchev–Trinajstić information content (AvgIpc) is 4.05. The van der Waals surface area contributed by atoms with E-state index >= 15 is 0 Å². The number of hydrogen-bond donors (Lipinski definition) is 5. The Hall–Kier alpha value is -6.08. The van der Waals surface area contributed by atoms with Gasteiger partial charge in [0.15, 0.2) is 11.4 Å². The zero-order chi connectivity index (χ0) is 52.1. The van der Waals surface area contributed by atoms with Crippen LogP contribution in [-0.2, 0) is 28.6 Å². The number of methoxy groups -OCH3 is 1. The van der Waals surface area contributed by atoms with E-state index in [1.165, 1.54) is 26.4 Å². The molecule has 0 saturated carbocycles. The zero-order valence-electron chi connectivity index (χ0n) is 42.9. The lowest BCUT2D eigenvalue weighted by Crippen LogP contribution is -2.51. The van der Waals surface area contributed by atoms with Crippen LogP contribution in [0.3, 0.4) is 0 Å². The fourth-order valence-electron chi connectivity index (χ4n) is 10.9. The van der Waals surface area contributed by atoms with E-state index in [9.17, 15) is 39.6 Å². The Labute approximate surface area is 419 Å². The first kappa shape index (κ1) is 52.2. The number of piperidine rings is 1. The molecule has 9 atom stereocenters. The number of Topliss-reactive ketones (excluding diaryl/α,β-unsaturated/α-hetero) is 1. The Morgan fingerprint density at radius 1 is 0.917 bits per heavy atom. The number of fused-ring (bicyclic) bond motifs is 13. The molecular weight excluding hydrogens is 925 g/mol. The van der Waals surface area contributed by atoms with Crippen LogP contribution in [0.5, 0.6) is 17.2 Å². The Kier molecular flexibility index (Phi) is 14.8. The highest BCUT2D eigenvalue weighted by Gasteiger charge is 2.50. The van der Waals surface area contributed by atoms with Crippen molar-refractivity contribution in [2.75, 3.05) is 45.2 Å². The van der Waals surface area contributed by atoms with Gasteiger partial charge in [0.1, 0.15) is 35.1 Å². The first-order valence-electron chi connectivity index (χ1n) is 25.1. The highest BCUT2D eigenvalue weighted by molar-refractivity contribution is 6.19. The maximum absolute atomic E-state index is 14.9. The van der Waals surface area contributed by atoms with E-state index in [1.807, 2.05) is 29.1 Å². The van der Waals surface area contributed by atoms with E-state index in [-0.39, 0.29) is 55.7 Å². The molecule has 6 aliphatic heterocycles. The Morgan fingerprint density at radius 2 is 1.58 bits per heavy atom. The first-order chi connectivity index (χ1) is 34.1. The van der Waals surface area contributed by atoms with Gasteiger partial charge in [-0.25, -0.2) is 0 Å². The predicted octanol–water partition coefficient (Wildman–Crippen LogP) is 5.00. The maximum atomic E-state index is 14.9. The first-order valence-corrected chi connectivity index (χ1v) is 25.1. The summed E-state index contributed by atoms with van der Waals surface area (Å²) >= 11 is 0. The summed E-state index contributed by atoms with van der Waals surface area (Å²) in [6.45, 7) is 18.9. The topological polar surface area (TPSA) is 234 Å². The van der Waals surface area contributed by atoms with Gasteiger partial charge < -0.3 is 59.1 Å². The van der Waals surface area contributed by atoms with Crippen molar-refractivity contribution in [3.8, 4) is 17.2 Å². The number of esters is 1. The average molecular weight is 995 g/mol. The van der Waals surface area contributed by atoms with Crippen molar-refractivity contribution in [1.82, 2.24) is 14.4 Å². The number of phenols is 2. The number of nitrogens with one attached hydrogen (secondary N) is 1. The molecule has 0 radical (unpaired) electrons. The summed E-state index contributed by atoms with van der Waals surface area (Å²) in [6, 6.07) is 3.92. The lowest BCUT2D eigenvalue weighted by molar-refractivity contribution is -0.166. The highest BCUT2D eigenvalue weighted by Crippen LogP contribution is 2.50. The van der Waals surface area contributed by atoms with Crippen LogP contribution in [0.15, 0.2) is 70.7 Å². The Morgan fingerprint density at radius 3 is 2.24 bits per heavy atom. The highest BCUT2D eigenvalue weighted by atomic mass is 16.7. The maximum Gasteiger partial charge on any atom is 0.315 e. The van der Waals surface area contributed by atoms with Crippen LogP contribution in [0.25, 0.3) is 10.8 Å². The number of ketones is 1. The van der Waals surface area contributed by atoms with Gasteiger partial charge in [-0.05, 0) is 38.0 Å². The van der Waals surface area contributed by atoms with Crippen molar-refractivity contribution < 1.29 is 58.6 Å². The number of aliphatic hydroxyl groups excluding tert-OH is 2. The van der Waals surface area contributed by atoms with Crippen LogP contribution in [0.1, 0.15) is 96.6 Å². The molecule has 5 N–H and O–H groups in total. The molecule has 5 bridgehead atoms. The van der Waals surface area contributed by atoms with Gasteiger partial charge in [0, 0.05) is 112 Å². The minimum absolute atomic E-state index is 0.00873. The molecule has 2 fully saturated rings. The standard InChI is InChI=1S/C54H70N6O12/c1-28(2)25-58-21-17-54(18-22-58)56-42-39-40-47(65)34(8)50-41(39)51(67)53(9,72-50)70-23-16-36(69-10)31(5)49(71-38(62)24-37(61)60-26-35(27-60)59-19-11-12-20-59)33(7)46(64)32(6)45(63)29(3)14-13-15-30(4)52(68)55-44(48(40)66)43(42)57-54/h11-16,19-20,23,28-29,31-33,35-36,45-46,49,63-66H,17-18,21-22,24-27H2,1-10H3,(H,55,68)/b14-13+,23-16+,30-15-/t29-,31+,32+,33+,36-,45-,46+,49+,53?/m0/s1. The number of rotatable bonds is 7. The third-order valence-electron chi connectivity index (χ3n) is 15.4. The quantitative estimate of drug-likeness (QED) is 0.119. The minimum Gasteiger partial charge on any atom is -0.507 e. The summed E-state index contributed by atoms with van der Waals surface area (Å²) in [5.41, 5.74) is -0.694. The summed E-state index contributed by atoms with van der Waals surface area (Å²) in [4.78, 5) is 70.3. The molecule has 9 rings (SSSR count). The third-order valence-corrected chi connectivity index (χ3v) is 15.4. The summed E-state index contributed by atoms with van der Waals surface area (Å²) in [6.07, 6.45) is 7.70. The van der Waals surface area contributed by atoms with Crippen LogP contribution in [-0.4, -0.2) is 134 Å². The smallest absolute Gasteiger partial charge is 0.315 e. The van der Waals surface area contributed by atoms with Gasteiger partial charge in [-0.3, -0.25) is 29.2 Å². The fourth-order valence-corrected chi connectivity index (χ4v) is 10.9. The van der Waals surface area contributed by atoms with Gasteiger partial charge in [0.25, 0.3) is 11.7 Å². The molecule has 388 valence electrons. The number of ether oxygens (including phenoxy) is 4. The van der Waals surface area contributed by atoms with Crippen molar-refractivity contribution >= 4 is 40.0 Å². The van der Waals surface area contributed by atoms with Gasteiger partial charge in [-0.1, -0.05) is 59.8 Å². The number of benzene rings is 2. The molecule has 1 spiro atoms. The van der Waals surface area contributed by atoms with E-state index in [2.05, 4.69) is 24.1 Å². The number of carbonyl (C=O) groups is 4. The number of phenolic OH excluding ortho intramolecular Hbond substituents is 2. The molecule has 6 aliphatic rings. The number of anilines is 1. The number of amides is 2. The molecule has 3 aromatic rings. The van der Waals surface area contributed by atoms with Crippen molar-refractivity contribution in [3.05, 3.63) is 82.5 Å². The lowest BCUT2D eigenvalue weighted by atomic mass is 9.78. The molecule has 2 saturated heterocycles. The lowest BCUT2D eigenvalue weighted by Gasteiger charge is -2.40. The molecule has 2 amide bonds. The van der Waals surface area contributed by atoms with Crippen molar-refractivity contribution in [3.63, 3.8) is 0 Å². The number of aromatic hydroxyl groups is 2. The zero-order valence-corrected chi connectivity index (χ0v) is 42.9. The van der Waals surface area contributed by atoms with Gasteiger partial charge in [0.05, 0.1) is 46.9 Å². The van der Waals surface area contributed by atoms with Crippen LogP contribution < -0.4 is 20.8 Å². The predicted molar refractivity (Wildman–Crippen MR) is 267 cm³/mol. The molecular formula is C54H70N6O12. The van der Waals surface area contributed by atoms with E-state index in [0.29, 0.717) is 44.9 Å². The number of nitrogens with zero attached hydrogens (tertiary/aromatic N) is 5. The van der Waals surface area contributed by atoms with Crippen LogP contribution >= 0.6 is 0 Å². The number of hydrogen-bond acceptors (Lipinski definition) is 15.